The third-order valence-corrected chi connectivity index (χ3v) is 5.08. The third-order valence-electron chi connectivity index (χ3n) is 5.08. The number of anilines is 1. The van der Waals surface area contributed by atoms with Crippen LogP contribution >= 0.6 is 0 Å². The van der Waals surface area contributed by atoms with Gasteiger partial charge in [-0.3, -0.25) is 9.69 Å². The molecule has 0 aromatic heterocycles. The van der Waals surface area contributed by atoms with Crippen molar-refractivity contribution in [3.63, 3.8) is 0 Å². The smallest absolute Gasteiger partial charge is 0.241 e. The molecule has 1 amide bonds. The summed E-state index contributed by atoms with van der Waals surface area (Å²) in [6, 6.07) is 5.47. The van der Waals surface area contributed by atoms with E-state index in [4.69, 9.17) is 15.2 Å². The second-order valence-electron chi connectivity index (χ2n) is 7.38. The predicted molar refractivity (Wildman–Crippen MR) is 93.5 cm³/mol. The van der Waals surface area contributed by atoms with Crippen LogP contribution in [0.3, 0.4) is 0 Å². The summed E-state index contributed by atoms with van der Waals surface area (Å²) in [4.78, 5) is 14.8. The van der Waals surface area contributed by atoms with Crippen molar-refractivity contribution < 1.29 is 14.3 Å². The molecule has 3 rings (SSSR count). The average molecular weight is 333 g/mol. The Labute approximate surface area is 143 Å². The van der Waals surface area contributed by atoms with Crippen molar-refractivity contribution in [2.75, 3.05) is 31.6 Å². The van der Waals surface area contributed by atoms with Crippen molar-refractivity contribution in [2.24, 2.45) is 11.1 Å². The molecule has 2 unspecified atom stereocenters. The van der Waals surface area contributed by atoms with Crippen molar-refractivity contribution in [1.29, 1.82) is 0 Å². The molecule has 6 heteroatoms. The first-order chi connectivity index (χ1) is 11.4. The SMILES string of the molecule is CC(C(=O)Nc1ccc2c(c1)OCCO2)N1CCC(N)C(C)(C)C1. The quantitative estimate of drug-likeness (QED) is 0.883. The molecule has 0 spiro atoms. The number of hydrogen-bond donors (Lipinski definition) is 2. The first-order valence-corrected chi connectivity index (χ1v) is 8.57. The van der Waals surface area contributed by atoms with E-state index >= 15 is 0 Å². The zero-order valence-electron chi connectivity index (χ0n) is 14.7. The zero-order valence-corrected chi connectivity index (χ0v) is 14.7. The molecule has 0 saturated carbocycles. The summed E-state index contributed by atoms with van der Waals surface area (Å²) in [5, 5.41) is 2.98. The molecule has 2 aliphatic rings. The summed E-state index contributed by atoms with van der Waals surface area (Å²) in [5.74, 6) is 1.38. The number of likely N-dealkylation sites (tertiary alicyclic amines) is 1. The minimum Gasteiger partial charge on any atom is -0.486 e. The molecule has 1 aromatic rings. The number of carbonyl (C=O) groups excluding carboxylic acids is 1. The van der Waals surface area contributed by atoms with E-state index in [0.29, 0.717) is 19.0 Å². The minimum absolute atomic E-state index is 0.0158. The summed E-state index contributed by atoms with van der Waals surface area (Å²) in [7, 11) is 0. The lowest BCUT2D eigenvalue weighted by molar-refractivity contribution is -0.122. The summed E-state index contributed by atoms with van der Waals surface area (Å²) in [6.07, 6.45) is 0.911. The number of nitrogens with one attached hydrogen (secondary N) is 1. The van der Waals surface area contributed by atoms with Crippen molar-refractivity contribution in [3.05, 3.63) is 18.2 Å². The van der Waals surface area contributed by atoms with Crippen LogP contribution in [0.5, 0.6) is 11.5 Å². The lowest BCUT2D eigenvalue weighted by atomic mass is 9.79. The molecule has 1 aromatic carbocycles. The Morgan fingerprint density at radius 3 is 2.75 bits per heavy atom. The highest BCUT2D eigenvalue weighted by atomic mass is 16.6. The van der Waals surface area contributed by atoms with Gasteiger partial charge in [-0.1, -0.05) is 13.8 Å². The summed E-state index contributed by atoms with van der Waals surface area (Å²) >= 11 is 0. The maximum Gasteiger partial charge on any atom is 0.241 e. The maximum absolute atomic E-state index is 12.6. The molecular weight excluding hydrogens is 306 g/mol. The first kappa shape index (κ1) is 17.0. The normalized spacial score (nSPS) is 24.2. The Balaban J connectivity index is 1.64. The molecular formula is C18H27N3O3. The fourth-order valence-electron chi connectivity index (χ4n) is 3.28. The average Bonchev–Trinajstić information content (AvgIpc) is 2.56. The van der Waals surface area contributed by atoms with Crippen LogP contribution in [0.2, 0.25) is 0 Å². The first-order valence-electron chi connectivity index (χ1n) is 8.57. The van der Waals surface area contributed by atoms with E-state index in [2.05, 4.69) is 24.1 Å². The summed E-state index contributed by atoms with van der Waals surface area (Å²) in [5.41, 5.74) is 6.93. The minimum atomic E-state index is -0.204. The molecule has 1 saturated heterocycles. The van der Waals surface area contributed by atoms with Gasteiger partial charge in [-0.15, -0.1) is 0 Å². The number of benzene rings is 1. The van der Waals surface area contributed by atoms with Crippen LogP contribution < -0.4 is 20.5 Å². The molecule has 2 heterocycles. The van der Waals surface area contributed by atoms with E-state index in [1.807, 2.05) is 25.1 Å². The Morgan fingerprint density at radius 1 is 1.33 bits per heavy atom. The van der Waals surface area contributed by atoms with Gasteiger partial charge in [0, 0.05) is 30.9 Å². The number of amides is 1. The second-order valence-corrected chi connectivity index (χ2v) is 7.38. The lowest BCUT2D eigenvalue weighted by Gasteiger charge is -2.44. The largest absolute Gasteiger partial charge is 0.486 e. The van der Waals surface area contributed by atoms with Gasteiger partial charge < -0.3 is 20.5 Å². The van der Waals surface area contributed by atoms with Crippen LogP contribution in [-0.4, -0.2) is 49.2 Å². The van der Waals surface area contributed by atoms with Crippen molar-refractivity contribution >= 4 is 11.6 Å². The summed E-state index contributed by atoms with van der Waals surface area (Å²) < 4.78 is 11.1. The van der Waals surface area contributed by atoms with Gasteiger partial charge in [0.1, 0.15) is 13.2 Å². The molecule has 24 heavy (non-hydrogen) atoms. The van der Waals surface area contributed by atoms with Crippen LogP contribution in [0.15, 0.2) is 18.2 Å². The topological polar surface area (TPSA) is 76.8 Å². The van der Waals surface area contributed by atoms with E-state index < -0.39 is 0 Å². The molecule has 0 bridgehead atoms. The zero-order chi connectivity index (χ0) is 17.3. The number of ether oxygens (including phenoxy) is 2. The van der Waals surface area contributed by atoms with Gasteiger partial charge in [0.15, 0.2) is 11.5 Å². The molecule has 2 atom stereocenters. The molecule has 0 radical (unpaired) electrons. The number of nitrogens with two attached hydrogens (primary N) is 1. The van der Waals surface area contributed by atoms with Crippen molar-refractivity contribution in [3.8, 4) is 11.5 Å². The fraction of sp³-hybridized carbons (Fsp3) is 0.611. The highest BCUT2D eigenvalue weighted by molar-refractivity contribution is 5.94. The summed E-state index contributed by atoms with van der Waals surface area (Å²) in [6.45, 7) is 9.03. The Bertz CT molecular complexity index is 618. The van der Waals surface area contributed by atoms with Gasteiger partial charge in [0.05, 0.1) is 6.04 Å². The van der Waals surface area contributed by atoms with Crippen LogP contribution in [0.1, 0.15) is 27.2 Å². The number of fused-ring (bicyclic) bond motifs is 1. The van der Waals surface area contributed by atoms with Gasteiger partial charge in [0.25, 0.3) is 0 Å². The van der Waals surface area contributed by atoms with Gasteiger partial charge >= 0.3 is 0 Å². The Morgan fingerprint density at radius 2 is 2.04 bits per heavy atom. The number of nitrogens with zero attached hydrogens (tertiary/aromatic N) is 1. The Kier molecular flexibility index (Phi) is 4.69. The second kappa shape index (κ2) is 6.61. The molecule has 2 aliphatic heterocycles. The van der Waals surface area contributed by atoms with Crippen molar-refractivity contribution in [1.82, 2.24) is 4.90 Å². The molecule has 6 nitrogen and oxygen atoms in total. The van der Waals surface area contributed by atoms with Gasteiger partial charge in [-0.2, -0.15) is 0 Å². The predicted octanol–water partition coefficient (Wildman–Crippen LogP) is 1.84. The Hall–Kier alpha value is -1.79. The van der Waals surface area contributed by atoms with Crippen LogP contribution in [0.4, 0.5) is 5.69 Å². The molecule has 1 fully saturated rings. The number of piperidine rings is 1. The molecule has 0 aliphatic carbocycles. The molecule has 3 N–H and O–H groups in total. The highest BCUT2D eigenvalue weighted by Crippen LogP contribution is 2.33. The maximum atomic E-state index is 12.6. The van der Waals surface area contributed by atoms with Gasteiger partial charge in [-0.05, 0) is 30.9 Å². The number of rotatable bonds is 3. The van der Waals surface area contributed by atoms with E-state index in [1.165, 1.54) is 0 Å². The van der Waals surface area contributed by atoms with Gasteiger partial charge in [-0.25, -0.2) is 0 Å². The van der Waals surface area contributed by atoms with E-state index in [1.54, 1.807) is 0 Å². The number of hydrogen-bond acceptors (Lipinski definition) is 5. The van der Waals surface area contributed by atoms with Crippen LogP contribution in [0.25, 0.3) is 0 Å². The fourth-order valence-corrected chi connectivity index (χ4v) is 3.28. The third kappa shape index (κ3) is 3.49. The molecule has 132 valence electrons. The van der Waals surface area contributed by atoms with E-state index in [0.717, 1.165) is 30.9 Å². The van der Waals surface area contributed by atoms with E-state index in [-0.39, 0.29) is 23.4 Å². The van der Waals surface area contributed by atoms with E-state index in [9.17, 15) is 4.79 Å². The highest BCUT2D eigenvalue weighted by Gasteiger charge is 2.36. The van der Waals surface area contributed by atoms with Crippen LogP contribution in [-0.2, 0) is 4.79 Å². The lowest BCUT2D eigenvalue weighted by Crippen LogP contribution is -2.56. The van der Waals surface area contributed by atoms with Crippen molar-refractivity contribution in [2.45, 2.75) is 39.3 Å². The van der Waals surface area contributed by atoms with Gasteiger partial charge in [0.2, 0.25) is 5.91 Å². The monoisotopic (exact) mass is 333 g/mol. The van der Waals surface area contributed by atoms with Crippen LogP contribution in [0, 0.1) is 5.41 Å². The standard InChI is InChI=1S/C18H27N3O3/c1-12(21-7-6-16(19)18(2,3)11-21)17(22)20-13-4-5-14-15(10-13)24-9-8-23-14/h4-5,10,12,16H,6-9,11,19H2,1-3H3,(H,20,22). The number of carbonyl (C=O) groups is 1.